The highest BCUT2D eigenvalue weighted by molar-refractivity contribution is 5.76. The van der Waals surface area contributed by atoms with Crippen molar-refractivity contribution in [3.63, 3.8) is 0 Å². The van der Waals surface area contributed by atoms with Gasteiger partial charge in [0, 0.05) is 52.4 Å². The first-order valence-corrected chi connectivity index (χ1v) is 5.90. The Morgan fingerprint density at radius 2 is 2.44 bits per heavy atom. The van der Waals surface area contributed by atoms with Gasteiger partial charge in [-0.25, -0.2) is 0 Å². The molecule has 0 bridgehead atoms. The summed E-state index contributed by atoms with van der Waals surface area (Å²) in [5.74, 6) is 0.136. The van der Waals surface area contributed by atoms with Gasteiger partial charge in [-0.05, 0) is 13.5 Å². The summed E-state index contributed by atoms with van der Waals surface area (Å²) < 4.78 is 4.92. The summed E-state index contributed by atoms with van der Waals surface area (Å²) in [5.41, 5.74) is 0. The molecule has 0 aliphatic carbocycles. The number of rotatable bonds is 6. The van der Waals surface area contributed by atoms with E-state index in [4.69, 9.17) is 4.74 Å². The fraction of sp³-hybridized carbons (Fsp3) is 0.909. The largest absolute Gasteiger partial charge is 0.385 e. The van der Waals surface area contributed by atoms with Crippen LogP contribution in [-0.4, -0.2) is 63.8 Å². The Morgan fingerprint density at radius 1 is 1.62 bits per heavy atom. The number of hydrogen-bond acceptors (Lipinski definition) is 4. The van der Waals surface area contributed by atoms with E-state index in [1.807, 2.05) is 0 Å². The Bertz CT molecular complexity index is 211. The summed E-state index contributed by atoms with van der Waals surface area (Å²) in [4.78, 5) is 13.9. The van der Waals surface area contributed by atoms with Gasteiger partial charge < -0.3 is 20.3 Å². The Balaban J connectivity index is 2.12. The maximum absolute atomic E-state index is 11.6. The van der Waals surface area contributed by atoms with Crippen LogP contribution in [0.2, 0.25) is 0 Å². The van der Waals surface area contributed by atoms with Crippen molar-refractivity contribution in [2.24, 2.45) is 0 Å². The quantitative estimate of drug-likeness (QED) is 0.599. The van der Waals surface area contributed by atoms with Crippen molar-refractivity contribution in [1.29, 1.82) is 0 Å². The third kappa shape index (κ3) is 4.92. The molecule has 5 nitrogen and oxygen atoms in total. The first-order valence-electron chi connectivity index (χ1n) is 5.90. The highest BCUT2D eigenvalue weighted by Gasteiger charge is 2.20. The molecule has 1 fully saturated rings. The van der Waals surface area contributed by atoms with Crippen molar-refractivity contribution < 1.29 is 9.53 Å². The number of carbonyl (C=O) groups excluding carboxylic acids is 1. The molecule has 1 heterocycles. The predicted octanol–water partition coefficient (Wildman–Crippen LogP) is -0.567. The van der Waals surface area contributed by atoms with Crippen LogP contribution in [0, 0.1) is 0 Å². The van der Waals surface area contributed by atoms with Crippen LogP contribution in [0.4, 0.5) is 0 Å². The maximum atomic E-state index is 11.6. The van der Waals surface area contributed by atoms with Gasteiger partial charge in [-0.1, -0.05) is 0 Å². The second kappa shape index (κ2) is 7.60. The number of amides is 1. The molecule has 1 unspecified atom stereocenters. The van der Waals surface area contributed by atoms with Crippen molar-refractivity contribution in [3.05, 3.63) is 0 Å². The van der Waals surface area contributed by atoms with E-state index in [0.717, 1.165) is 26.1 Å². The maximum Gasteiger partial charge on any atom is 0.221 e. The van der Waals surface area contributed by atoms with Crippen LogP contribution >= 0.6 is 0 Å². The molecule has 1 rings (SSSR count). The van der Waals surface area contributed by atoms with Gasteiger partial charge in [0.15, 0.2) is 0 Å². The third-order valence-electron chi connectivity index (χ3n) is 2.91. The molecule has 1 atom stereocenters. The minimum atomic E-state index is 0.136. The highest BCUT2D eigenvalue weighted by atomic mass is 16.5. The fourth-order valence-corrected chi connectivity index (χ4v) is 1.82. The Hall–Kier alpha value is -0.650. The van der Waals surface area contributed by atoms with Crippen LogP contribution in [0.1, 0.15) is 12.8 Å². The molecule has 0 aromatic heterocycles. The number of likely N-dealkylation sites (N-methyl/N-ethyl adjacent to an activating group) is 1. The first-order chi connectivity index (χ1) is 7.74. The number of ether oxygens (including phenoxy) is 1. The third-order valence-corrected chi connectivity index (χ3v) is 2.91. The normalized spacial score (nSPS) is 22.0. The Morgan fingerprint density at radius 3 is 3.12 bits per heavy atom. The van der Waals surface area contributed by atoms with E-state index in [1.165, 1.54) is 0 Å². The fourth-order valence-electron chi connectivity index (χ4n) is 1.82. The predicted molar refractivity (Wildman–Crippen MR) is 63.4 cm³/mol. The lowest BCUT2D eigenvalue weighted by molar-refractivity contribution is -0.122. The van der Waals surface area contributed by atoms with Gasteiger partial charge in [-0.2, -0.15) is 0 Å². The molecule has 1 aliphatic heterocycles. The molecule has 1 saturated heterocycles. The van der Waals surface area contributed by atoms with E-state index in [0.29, 0.717) is 25.6 Å². The summed E-state index contributed by atoms with van der Waals surface area (Å²) in [6, 6.07) is 0.330. The molecule has 94 valence electrons. The summed E-state index contributed by atoms with van der Waals surface area (Å²) in [6.07, 6.45) is 1.46. The zero-order valence-electron chi connectivity index (χ0n) is 10.3. The van der Waals surface area contributed by atoms with Gasteiger partial charge in [0.05, 0.1) is 0 Å². The minimum Gasteiger partial charge on any atom is -0.385 e. The van der Waals surface area contributed by atoms with Crippen molar-refractivity contribution in [2.45, 2.75) is 18.9 Å². The van der Waals surface area contributed by atoms with Gasteiger partial charge in [0.25, 0.3) is 0 Å². The molecular formula is C11H23N3O2. The molecular weight excluding hydrogens is 206 g/mol. The van der Waals surface area contributed by atoms with Gasteiger partial charge in [-0.15, -0.1) is 0 Å². The lowest BCUT2D eigenvalue weighted by atomic mass is 10.1. The van der Waals surface area contributed by atoms with Gasteiger partial charge in [0.2, 0.25) is 5.91 Å². The van der Waals surface area contributed by atoms with E-state index in [2.05, 4.69) is 22.6 Å². The molecule has 1 aliphatic rings. The molecule has 2 N–H and O–H groups in total. The van der Waals surface area contributed by atoms with Crippen LogP contribution in [0.15, 0.2) is 0 Å². The van der Waals surface area contributed by atoms with Gasteiger partial charge in [0.1, 0.15) is 0 Å². The van der Waals surface area contributed by atoms with Crippen LogP contribution < -0.4 is 10.6 Å². The summed E-state index contributed by atoms with van der Waals surface area (Å²) in [7, 11) is 3.74. The number of piperazine rings is 1. The second-order valence-electron chi connectivity index (χ2n) is 4.24. The highest BCUT2D eigenvalue weighted by Crippen LogP contribution is 2.04. The number of nitrogens with one attached hydrogen (secondary N) is 2. The molecule has 16 heavy (non-hydrogen) atoms. The molecule has 0 aromatic carbocycles. The Kier molecular flexibility index (Phi) is 6.37. The van der Waals surface area contributed by atoms with Gasteiger partial charge >= 0.3 is 0 Å². The van der Waals surface area contributed by atoms with E-state index in [9.17, 15) is 4.79 Å². The molecule has 5 heteroatoms. The Labute approximate surface area is 97.5 Å². The molecule has 0 aromatic rings. The van der Waals surface area contributed by atoms with Crippen LogP contribution in [-0.2, 0) is 9.53 Å². The second-order valence-corrected chi connectivity index (χ2v) is 4.24. The van der Waals surface area contributed by atoms with E-state index < -0.39 is 0 Å². The minimum absolute atomic E-state index is 0.136. The van der Waals surface area contributed by atoms with Crippen molar-refractivity contribution in [2.75, 3.05) is 46.9 Å². The SMILES string of the molecule is COCCCNC(=O)CC1CNCCN1C. The summed E-state index contributed by atoms with van der Waals surface area (Å²) in [6.45, 7) is 4.34. The average molecular weight is 229 g/mol. The zero-order valence-corrected chi connectivity index (χ0v) is 10.3. The summed E-state index contributed by atoms with van der Waals surface area (Å²) >= 11 is 0. The van der Waals surface area contributed by atoms with E-state index in [1.54, 1.807) is 7.11 Å². The van der Waals surface area contributed by atoms with Gasteiger partial charge in [-0.3, -0.25) is 4.79 Å². The lowest BCUT2D eigenvalue weighted by Gasteiger charge is -2.32. The zero-order chi connectivity index (χ0) is 11.8. The number of carbonyl (C=O) groups is 1. The first kappa shape index (κ1) is 13.4. The lowest BCUT2D eigenvalue weighted by Crippen LogP contribution is -2.51. The molecule has 0 radical (unpaired) electrons. The average Bonchev–Trinajstić information content (AvgIpc) is 2.28. The molecule has 1 amide bonds. The number of hydrogen-bond donors (Lipinski definition) is 2. The molecule has 0 saturated carbocycles. The standard InChI is InChI=1S/C11H23N3O2/c1-14-6-5-12-9-10(14)8-11(15)13-4-3-7-16-2/h10,12H,3-9H2,1-2H3,(H,13,15). The smallest absolute Gasteiger partial charge is 0.221 e. The van der Waals surface area contributed by atoms with Crippen LogP contribution in [0.3, 0.4) is 0 Å². The number of methoxy groups -OCH3 is 1. The van der Waals surface area contributed by atoms with E-state index in [-0.39, 0.29) is 5.91 Å². The monoisotopic (exact) mass is 229 g/mol. The van der Waals surface area contributed by atoms with E-state index >= 15 is 0 Å². The van der Waals surface area contributed by atoms with Crippen LogP contribution in [0.25, 0.3) is 0 Å². The van der Waals surface area contributed by atoms with Crippen molar-refractivity contribution in [3.8, 4) is 0 Å². The van der Waals surface area contributed by atoms with Crippen molar-refractivity contribution >= 4 is 5.91 Å². The number of nitrogens with zero attached hydrogens (tertiary/aromatic N) is 1. The van der Waals surface area contributed by atoms with Crippen LogP contribution in [0.5, 0.6) is 0 Å². The van der Waals surface area contributed by atoms with Crippen molar-refractivity contribution in [1.82, 2.24) is 15.5 Å². The summed E-state index contributed by atoms with van der Waals surface area (Å²) in [5, 5.41) is 6.22. The molecule has 0 spiro atoms. The topological polar surface area (TPSA) is 53.6 Å².